The maximum Gasteiger partial charge on any atom is 0.243 e. The van der Waals surface area contributed by atoms with Gasteiger partial charge >= 0.3 is 0 Å². The fourth-order valence-electron chi connectivity index (χ4n) is 2.16. The minimum atomic E-state index is -1.66. The molecule has 25 heavy (non-hydrogen) atoms. The Labute approximate surface area is 145 Å². The Bertz CT molecular complexity index is 621. The van der Waals surface area contributed by atoms with Gasteiger partial charge in [-0.1, -0.05) is 13.8 Å². The summed E-state index contributed by atoms with van der Waals surface area (Å²) in [6.45, 7) is 8.47. The van der Waals surface area contributed by atoms with Crippen molar-refractivity contribution in [1.29, 1.82) is 0 Å². The third kappa shape index (κ3) is 6.74. The lowest BCUT2D eigenvalue weighted by Gasteiger charge is -2.27. The van der Waals surface area contributed by atoms with Crippen LogP contribution in [-0.4, -0.2) is 42.4 Å². The van der Waals surface area contributed by atoms with E-state index >= 15 is 0 Å². The van der Waals surface area contributed by atoms with Crippen LogP contribution in [0.3, 0.4) is 0 Å². The van der Waals surface area contributed by atoms with E-state index in [0.29, 0.717) is 12.0 Å². The topological polar surface area (TPSA) is 61.4 Å². The third-order valence-electron chi connectivity index (χ3n) is 3.43. The van der Waals surface area contributed by atoms with Gasteiger partial charge in [-0.15, -0.1) is 0 Å². The second-order valence-corrected chi connectivity index (χ2v) is 6.46. The van der Waals surface area contributed by atoms with E-state index in [4.69, 9.17) is 0 Å². The van der Waals surface area contributed by atoms with Crippen LogP contribution in [0.4, 0.5) is 18.9 Å². The van der Waals surface area contributed by atoms with Crippen molar-refractivity contribution in [3.63, 3.8) is 0 Å². The second-order valence-electron chi connectivity index (χ2n) is 6.46. The van der Waals surface area contributed by atoms with Gasteiger partial charge in [-0.3, -0.25) is 14.5 Å². The molecule has 2 amide bonds. The zero-order valence-electron chi connectivity index (χ0n) is 14.8. The first-order chi connectivity index (χ1) is 11.6. The molecule has 0 spiro atoms. The van der Waals surface area contributed by atoms with Crippen LogP contribution >= 0.6 is 0 Å². The Hall–Kier alpha value is -2.09. The van der Waals surface area contributed by atoms with Gasteiger partial charge in [-0.05, 0) is 31.9 Å². The summed E-state index contributed by atoms with van der Waals surface area (Å²) in [6.07, 6.45) is 0. The summed E-state index contributed by atoms with van der Waals surface area (Å²) in [5, 5.41) is 4.52. The van der Waals surface area contributed by atoms with E-state index in [9.17, 15) is 22.8 Å². The highest BCUT2D eigenvalue weighted by atomic mass is 19.2. The van der Waals surface area contributed by atoms with Crippen LogP contribution in [0, 0.1) is 23.4 Å². The molecule has 0 aliphatic carbocycles. The number of nitrogens with one attached hydrogen (secondary N) is 2. The maximum atomic E-state index is 13.5. The third-order valence-corrected chi connectivity index (χ3v) is 3.43. The molecule has 1 aromatic rings. The molecule has 140 valence electrons. The predicted octanol–water partition coefficient (Wildman–Crippen LogP) is 2.53. The Balaban J connectivity index is 2.53. The average Bonchev–Trinajstić information content (AvgIpc) is 2.52. The largest absolute Gasteiger partial charge is 0.346 e. The number of halogens is 3. The summed E-state index contributed by atoms with van der Waals surface area (Å²) in [7, 11) is 0. The van der Waals surface area contributed by atoms with Gasteiger partial charge in [-0.25, -0.2) is 13.2 Å². The number of hydrogen-bond donors (Lipinski definition) is 2. The number of hydrogen-bond acceptors (Lipinski definition) is 3. The molecule has 0 bridgehead atoms. The highest BCUT2D eigenvalue weighted by molar-refractivity contribution is 5.94. The second kappa shape index (κ2) is 9.41. The summed E-state index contributed by atoms with van der Waals surface area (Å²) >= 11 is 0. The van der Waals surface area contributed by atoms with Crippen molar-refractivity contribution in [1.82, 2.24) is 10.2 Å². The SMILES string of the molecule is CC(C)CN(CC(=O)NCC(=O)Nc1ccc(F)c(F)c1F)C(C)C. The van der Waals surface area contributed by atoms with Gasteiger partial charge in [0.05, 0.1) is 18.8 Å². The summed E-state index contributed by atoms with van der Waals surface area (Å²) in [5.74, 6) is -5.20. The van der Waals surface area contributed by atoms with Crippen LogP contribution in [0.15, 0.2) is 12.1 Å². The van der Waals surface area contributed by atoms with Gasteiger partial charge in [0, 0.05) is 12.6 Å². The first kappa shape index (κ1) is 21.0. The summed E-state index contributed by atoms with van der Waals surface area (Å²) in [6, 6.07) is 1.79. The quantitative estimate of drug-likeness (QED) is 0.701. The summed E-state index contributed by atoms with van der Waals surface area (Å²) in [5.41, 5.74) is -0.484. The van der Waals surface area contributed by atoms with E-state index in [-0.39, 0.29) is 18.5 Å². The van der Waals surface area contributed by atoms with E-state index < -0.39 is 35.6 Å². The van der Waals surface area contributed by atoms with Crippen molar-refractivity contribution in [2.24, 2.45) is 5.92 Å². The van der Waals surface area contributed by atoms with Crippen LogP contribution in [-0.2, 0) is 9.59 Å². The number of benzene rings is 1. The molecule has 1 aromatic carbocycles. The van der Waals surface area contributed by atoms with E-state index in [2.05, 4.69) is 10.6 Å². The fourth-order valence-corrected chi connectivity index (χ4v) is 2.16. The standard InChI is InChI=1S/C17H24F3N3O2/c1-10(2)8-23(11(3)4)9-15(25)21-7-14(24)22-13-6-5-12(18)16(19)17(13)20/h5-6,10-11H,7-9H2,1-4H3,(H,21,25)(H,22,24). The van der Waals surface area contributed by atoms with E-state index in [1.54, 1.807) is 0 Å². The molecular formula is C17H24F3N3O2. The van der Waals surface area contributed by atoms with Gasteiger partial charge < -0.3 is 10.6 Å². The molecule has 0 heterocycles. The molecule has 0 saturated carbocycles. The van der Waals surface area contributed by atoms with Gasteiger partial charge in [0.1, 0.15) is 0 Å². The van der Waals surface area contributed by atoms with Crippen LogP contribution in [0.2, 0.25) is 0 Å². The lowest BCUT2D eigenvalue weighted by atomic mass is 10.2. The molecule has 0 saturated heterocycles. The highest BCUT2D eigenvalue weighted by Crippen LogP contribution is 2.19. The molecule has 0 fully saturated rings. The minimum absolute atomic E-state index is 0.128. The highest BCUT2D eigenvalue weighted by Gasteiger charge is 2.17. The molecule has 8 heteroatoms. The van der Waals surface area contributed by atoms with Crippen LogP contribution in [0.25, 0.3) is 0 Å². The first-order valence-corrected chi connectivity index (χ1v) is 8.05. The molecule has 0 atom stereocenters. The lowest BCUT2D eigenvalue weighted by molar-refractivity contribution is -0.125. The molecular weight excluding hydrogens is 335 g/mol. The number of nitrogens with zero attached hydrogens (tertiary/aromatic N) is 1. The number of anilines is 1. The maximum absolute atomic E-state index is 13.5. The summed E-state index contributed by atoms with van der Waals surface area (Å²) < 4.78 is 39.4. The number of carbonyl (C=O) groups is 2. The van der Waals surface area contributed by atoms with Gasteiger partial charge in [-0.2, -0.15) is 0 Å². The van der Waals surface area contributed by atoms with Crippen molar-refractivity contribution in [3.05, 3.63) is 29.6 Å². The Kier molecular flexibility index (Phi) is 7.89. The minimum Gasteiger partial charge on any atom is -0.346 e. The van der Waals surface area contributed by atoms with Crippen LogP contribution in [0.5, 0.6) is 0 Å². The van der Waals surface area contributed by atoms with E-state index in [1.165, 1.54) is 0 Å². The van der Waals surface area contributed by atoms with Crippen molar-refractivity contribution in [2.45, 2.75) is 33.7 Å². The number of carbonyl (C=O) groups excluding carboxylic acids is 2. The van der Waals surface area contributed by atoms with Gasteiger partial charge in [0.25, 0.3) is 0 Å². The lowest BCUT2D eigenvalue weighted by Crippen LogP contribution is -2.44. The predicted molar refractivity (Wildman–Crippen MR) is 89.5 cm³/mol. The normalized spacial score (nSPS) is 11.3. The van der Waals surface area contributed by atoms with Crippen molar-refractivity contribution in [2.75, 3.05) is 25.0 Å². The van der Waals surface area contributed by atoms with Crippen LogP contribution in [0.1, 0.15) is 27.7 Å². The Morgan fingerprint density at radius 2 is 1.68 bits per heavy atom. The van der Waals surface area contributed by atoms with Gasteiger partial charge in [0.15, 0.2) is 17.5 Å². The number of amides is 2. The molecule has 5 nitrogen and oxygen atoms in total. The molecule has 0 radical (unpaired) electrons. The summed E-state index contributed by atoms with van der Waals surface area (Å²) in [4.78, 5) is 25.7. The number of rotatable bonds is 8. The molecule has 0 aliphatic heterocycles. The van der Waals surface area contributed by atoms with Gasteiger partial charge in [0.2, 0.25) is 11.8 Å². The monoisotopic (exact) mass is 359 g/mol. The van der Waals surface area contributed by atoms with Crippen molar-refractivity contribution < 1.29 is 22.8 Å². The molecule has 0 unspecified atom stereocenters. The zero-order valence-corrected chi connectivity index (χ0v) is 14.8. The van der Waals surface area contributed by atoms with Crippen molar-refractivity contribution >= 4 is 17.5 Å². The Morgan fingerprint density at radius 3 is 2.24 bits per heavy atom. The molecule has 1 rings (SSSR count). The smallest absolute Gasteiger partial charge is 0.243 e. The Morgan fingerprint density at radius 1 is 1.04 bits per heavy atom. The first-order valence-electron chi connectivity index (χ1n) is 8.05. The zero-order chi connectivity index (χ0) is 19.1. The van der Waals surface area contributed by atoms with Crippen LogP contribution < -0.4 is 10.6 Å². The molecule has 0 aromatic heterocycles. The average molecular weight is 359 g/mol. The van der Waals surface area contributed by atoms with E-state index in [1.807, 2.05) is 32.6 Å². The van der Waals surface area contributed by atoms with E-state index in [0.717, 1.165) is 12.6 Å². The molecule has 0 aliphatic rings. The molecule has 2 N–H and O–H groups in total. The van der Waals surface area contributed by atoms with Crippen molar-refractivity contribution in [3.8, 4) is 0 Å². The fraction of sp³-hybridized carbons (Fsp3) is 0.529.